The van der Waals surface area contributed by atoms with Crippen molar-refractivity contribution in [1.29, 1.82) is 0 Å². The van der Waals surface area contributed by atoms with Gasteiger partial charge in [0, 0.05) is 7.05 Å². The van der Waals surface area contributed by atoms with Crippen LogP contribution in [0.5, 0.6) is 0 Å². The number of thioether (sulfide) groups is 1. The lowest BCUT2D eigenvalue weighted by Crippen LogP contribution is -2.41. The molecule has 1 unspecified atom stereocenters. The molecule has 0 spiro atoms. The molecule has 6 heteroatoms. The minimum Gasteiger partial charge on any atom is -0.480 e. The second kappa shape index (κ2) is 6.49. The third kappa shape index (κ3) is 3.29. The summed E-state index contributed by atoms with van der Waals surface area (Å²) in [7, 11) is 1.47. The Balaban J connectivity index is 2.81. The van der Waals surface area contributed by atoms with E-state index in [2.05, 4.69) is 0 Å². The Kier molecular flexibility index (Phi) is 5.27. The molecule has 0 aliphatic carbocycles. The number of likely N-dealkylation sites (N-methyl/N-ethyl adjacent to an activating group) is 1. The summed E-state index contributed by atoms with van der Waals surface area (Å²) >= 11 is 1.59. The van der Waals surface area contributed by atoms with E-state index in [1.807, 2.05) is 6.26 Å². The zero-order valence-electron chi connectivity index (χ0n) is 10.7. The maximum atomic E-state index is 12.0. The summed E-state index contributed by atoms with van der Waals surface area (Å²) in [5.74, 6) is 0.164. The standard InChI is InChI=1S/C12H17NO4S/c1-4-9(12(15)16)13(2)11(14)10-6-5-8(17-10)7-18-3/h5-6,9H,4,7H2,1-3H3,(H,15,16). The third-order valence-corrected chi connectivity index (χ3v) is 3.19. The summed E-state index contributed by atoms with van der Waals surface area (Å²) in [5.41, 5.74) is 0. The van der Waals surface area contributed by atoms with E-state index in [0.717, 1.165) is 0 Å². The van der Waals surface area contributed by atoms with Crippen LogP contribution in [0, 0.1) is 0 Å². The molecule has 1 heterocycles. The Morgan fingerprint density at radius 2 is 2.17 bits per heavy atom. The van der Waals surface area contributed by atoms with Crippen molar-refractivity contribution in [1.82, 2.24) is 4.90 Å². The lowest BCUT2D eigenvalue weighted by molar-refractivity contribution is -0.142. The topological polar surface area (TPSA) is 70.8 Å². The van der Waals surface area contributed by atoms with Gasteiger partial charge in [-0.05, 0) is 24.8 Å². The molecule has 0 aliphatic rings. The fraction of sp³-hybridized carbons (Fsp3) is 0.500. The van der Waals surface area contributed by atoms with Crippen LogP contribution in [0.4, 0.5) is 0 Å². The number of furan rings is 1. The Hall–Kier alpha value is -1.43. The van der Waals surface area contributed by atoms with Crippen molar-refractivity contribution in [2.75, 3.05) is 13.3 Å². The Bertz CT molecular complexity index is 429. The maximum absolute atomic E-state index is 12.0. The quantitative estimate of drug-likeness (QED) is 0.857. The number of aliphatic carboxylic acids is 1. The highest BCUT2D eigenvalue weighted by Crippen LogP contribution is 2.16. The van der Waals surface area contributed by atoms with Crippen molar-refractivity contribution in [2.45, 2.75) is 25.1 Å². The molecule has 1 amide bonds. The van der Waals surface area contributed by atoms with E-state index in [1.54, 1.807) is 30.8 Å². The number of amides is 1. The van der Waals surface area contributed by atoms with E-state index in [9.17, 15) is 9.59 Å². The van der Waals surface area contributed by atoms with Crippen LogP contribution < -0.4 is 0 Å². The molecule has 100 valence electrons. The molecule has 0 saturated carbocycles. The highest BCUT2D eigenvalue weighted by molar-refractivity contribution is 7.97. The predicted molar refractivity (Wildman–Crippen MR) is 69.7 cm³/mol. The van der Waals surface area contributed by atoms with E-state index in [0.29, 0.717) is 17.9 Å². The minimum absolute atomic E-state index is 0.182. The van der Waals surface area contributed by atoms with Gasteiger partial charge in [0.15, 0.2) is 5.76 Å². The lowest BCUT2D eigenvalue weighted by Gasteiger charge is -2.22. The summed E-state index contributed by atoms with van der Waals surface area (Å²) in [6.07, 6.45) is 2.30. The van der Waals surface area contributed by atoms with Crippen LogP contribution in [-0.4, -0.2) is 41.2 Å². The van der Waals surface area contributed by atoms with Crippen LogP contribution >= 0.6 is 11.8 Å². The van der Waals surface area contributed by atoms with Crippen LogP contribution in [0.25, 0.3) is 0 Å². The molecule has 0 saturated heterocycles. The zero-order valence-corrected chi connectivity index (χ0v) is 11.5. The second-order valence-electron chi connectivity index (χ2n) is 3.88. The molecule has 1 aromatic heterocycles. The average Bonchev–Trinajstić information content (AvgIpc) is 2.77. The second-order valence-corrected chi connectivity index (χ2v) is 4.74. The number of carbonyl (C=O) groups is 2. The van der Waals surface area contributed by atoms with Gasteiger partial charge in [-0.25, -0.2) is 4.79 Å². The van der Waals surface area contributed by atoms with E-state index in [4.69, 9.17) is 9.52 Å². The average molecular weight is 271 g/mol. The summed E-state index contributed by atoms with van der Waals surface area (Å²) < 4.78 is 5.38. The lowest BCUT2D eigenvalue weighted by atomic mass is 10.2. The van der Waals surface area contributed by atoms with E-state index in [1.165, 1.54) is 11.9 Å². The number of carboxylic acids is 1. The molecule has 1 rings (SSSR count). The molecule has 5 nitrogen and oxygen atoms in total. The molecule has 1 atom stereocenters. The molecule has 1 N–H and O–H groups in total. The van der Waals surface area contributed by atoms with Gasteiger partial charge < -0.3 is 14.4 Å². The molecule has 1 aromatic rings. The van der Waals surface area contributed by atoms with Crippen LogP contribution in [0.2, 0.25) is 0 Å². The van der Waals surface area contributed by atoms with Gasteiger partial charge in [-0.15, -0.1) is 0 Å². The fourth-order valence-electron chi connectivity index (χ4n) is 1.64. The highest BCUT2D eigenvalue weighted by Gasteiger charge is 2.27. The highest BCUT2D eigenvalue weighted by atomic mass is 32.2. The number of nitrogens with zero attached hydrogens (tertiary/aromatic N) is 1. The molecule has 18 heavy (non-hydrogen) atoms. The van der Waals surface area contributed by atoms with E-state index < -0.39 is 17.9 Å². The number of hydrogen-bond acceptors (Lipinski definition) is 4. The molecule has 0 aromatic carbocycles. The first-order valence-electron chi connectivity index (χ1n) is 5.58. The van der Waals surface area contributed by atoms with Crippen molar-refractivity contribution in [3.05, 3.63) is 23.7 Å². The fourth-order valence-corrected chi connectivity index (χ4v) is 2.08. The normalized spacial score (nSPS) is 12.2. The van der Waals surface area contributed by atoms with Gasteiger partial charge in [-0.3, -0.25) is 4.79 Å². The smallest absolute Gasteiger partial charge is 0.326 e. The van der Waals surface area contributed by atoms with Gasteiger partial charge >= 0.3 is 5.97 Å². The monoisotopic (exact) mass is 271 g/mol. The van der Waals surface area contributed by atoms with E-state index >= 15 is 0 Å². The van der Waals surface area contributed by atoms with Crippen LogP contribution in [-0.2, 0) is 10.5 Å². The number of carbonyl (C=O) groups excluding carboxylic acids is 1. The van der Waals surface area contributed by atoms with Crippen molar-refractivity contribution in [3.63, 3.8) is 0 Å². The molecule has 0 aliphatic heterocycles. The Morgan fingerprint density at radius 1 is 1.50 bits per heavy atom. The summed E-state index contributed by atoms with van der Waals surface area (Å²) in [6.45, 7) is 1.73. The molecular weight excluding hydrogens is 254 g/mol. The van der Waals surface area contributed by atoms with Crippen molar-refractivity contribution in [2.24, 2.45) is 0 Å². The van der Waals surface area contributed by atoms with Gasteiger partial charge in [0.25, 0.3) is 5.91 Å². The van der Waals surface area contributed by atoms with Gasteiger partial charge in [0.1, 0.15) is 11.8 Å². The van der Waals surface area contributed by atoms with Crippen LogP contribution in [0.15, 0.2) is 16.5 Å². The summed E-state index contributed by atoms with van der Waals surface area (Å²) in [4.78, 5) is 24.2. The van der Waals surface area contributed by atoms with E-state index in [-0.39, 0.29) is 5.76 Å². The number of carboxylic acid groups (broad SMARTS) is 1. The van der Waals surface area contributed by atoms with Gasteiger partial charge in [0.2, 0.25) is 0 Å². The Labute approximate surface area is 110 Å². The first-order chi connectivity index (χ1) is 8.51. The molecule has 0 radical (unpaired) electrons. The van der Waals surface area contributed by atoms with Gasteiger partial charge in [-0.2, -0.15) is 11.8 Å². The van der Waals surface area contributed by atoms with Crippen LogP contribution in [0.1, 0.15) is 29.7 Å². The number of rotatable bonds is 6. The first-order valence-corrected chi connectivity index (χ1v) is 6.98. The van der Waals surface area contributed by atoms with Crippen LogP contribution in [0.3, 0.4) is 0 Å². The van der Waals surface area contributed by atoms with Crippen molar-refractivity contribution in [3.8, 4) is 0 Å². The first kappa shape index (κ1) is 14.6. The van der Waals surface area contributed by atoms with Crippen molar-refractivity contribution < 1.29 is 19.1 Å². The Morgan fingerprint density at radius 3 is 2.67 bits per heavy atom. The predicted octanol–water partition coefficient (Wildman–Crippen LogP) is 2.08. The summed E-state index contributed by atoms with van der Waals surface area (Å²) in [6, 6.07) is 2.49. The zero-order chi connectivity index (χ0) is 13.7. The summed E-state index contributed by atoms with van der Waals surface area (Å²) in [5, 5.41) is 9.00. The maximum Gasteiger partial charge on any atom is 0.326 e. The number of hydrogen-bond donors (Lipinski definition) is 1. The van der Waals surface area contributed by atoms with Gasteiger partial charge in [-0.1, -0.05) is 6.92 Å². The van der Waals surface area contributed by atoms with Gasteiger partial charge in [0.05, 0.1) is 5.75 Å². The largest absolute Gasteiger partial charge is 0.480 e. The van der Waals surface area contributed by atoms with Crippen molar-refractivity contribution >= 4 is 23.6 Å². The molecule has 0 bridgehead atoms. The third-order valence-electron chi connectivity index (χ3n) is 2.62. The molecule has 0 fully saturated rings. The minimum atomic E-state index is -1.01. The SMILES string of the molecule is CCC(C(=O)O)N(C)C(=O)c1ccc(CSC)o1. The molecular formula is C12H17NO4S.